The van der Waals surface area contributed by atoms with Gasteiger partial charge in [-0.1, -0.05) is 25.1 Å². The van der Waals surface area contributed by atoms with Crippen molar-refractivity contribution in [3.63, 3.8) is 0 Å². The molecule has 0 aromatic heterocycles. The third kappa shape index (κ3) is 3.82. The van der Waals surface area contributed by atoms with Crippen LogP contribution in [-0.4, -0.2) is 42.4 Å². The van der Waals surface area contributed by atoms with Crippen molar-refractivity contribution in [1.82, 2.24) is 4.90 Å². The molecule has 0 saturated carbocycles. The van der Waals surface area contributed by atoms with Crippen LogP contribution in [0.4, 0.5) is 5.69 Å². The van der Waals surface area contributed by atoms with Gasteiger partial charge in [-0.3, -0.25) is 9.59 Å². The summed E-state index contributed by atoms with van der Waals surface area (Å²) in [6.07, 6.45) is 2.15. The van der Waals surface area contributed by atoms with Gasteiger partial charge in [-0.25, -0.2) is 0 Å². The molecule has 0 bridgehead atoms. The van der Waals surface area contributed by atoms with Crippen LogP contribution in [0.1, 0.15) is 32.3 Å². The molecule has 2 heterocycles. The SMILES string of the molecule is CCc1ccccc1N1CC(C(=O)N2CC(CN)CC2C)CC1=O.Cl. The summed E-state index contributed by atoms with van der Waals surface area (Å²) in [7, 11) is 0. The van der Waals surface area contributed by atoms with E-state index < -0.39 is 0 Å². The van der Waals surface area contributed by atoms with Gasteiger partial charge in [0.25, 0.3) is 0 Å². The number of halogens is 1. The number of carbonyl (C=O) groups excluding carboxylic acids is 2. The molecule has 6 heteroatoms. The zero-order valence-electron chi connectivity index (χ0n) is 15.0. The van der Waals surface area contributed by atoms with E-state index in [1.165, 1.54) is 0 Å². The normalized spacial score (nSPS) is 26.0. The third-order valence-corrected chi connectivity index (χ3v) is 5.42. The van der Waals surface area contributed by atoms with Crippen LogP contribution in [0.3, 0.4) is 0 Å². The van der Waals surface area contributed by atoms with E-state index in [2.05, 4.69) is 13.8 Å². The lowest BCUT2D eigenvalue weighted by Gasteiger charge is -2.25. The van der Waals surface area contributed by atoms with E-state index in [1.54, 1.807) is 4.90 Å². The summed E-state index contributed by atoms with van der Waals surface area (Å²) in [6.45, 7) is 6.00. The summed E-state index contributed by atoms with van der Waals surface area (Å²) in [5.74, 6) is 0.319. The van der Waals surface area contributed by atoms with Crippen molar-refractivity contribution in [2.45, 2.75) is 39.2 Å². The standard InChI is InChI=1S/C19H27N3O2.ClH/c1-3-15-6-4-5-7-17(15)22-12-16(9-18(22)23)19(24)21-11-14(10-20)8-13(21)2;/h4-7,13-14,16H,3,8-12,20H2,1-2H3;1H. The van der Waals surface area contributed by atoms with Gasteiger partial charge in [0.1, 0.15) is 0 Å². The van der Waals surface area contributed by atoms with Crippen LogP contribution in [0, 0.1) is 11.8 Å². The Morgan fingerprint density at radius 2 is 2.00 bits per heavy atom. The molecular formula is C19H28ClN3O2. The summed E-state index contributed by atoms with van der Waals surface area (Å²) < 4.78 is 0. The molecule has 1 aromatic carbocycles. The Morgan fingerprint density at radius 1 is 1.28 bits per heavy atom. The smallest absolute Gasteiger partial charge is 0.228 e. The van der Waals surface area contributed by atoms with Crippen molar-refractivity contribution in [1.29, 1.82) is 0 Å². The van der Waals surface area contributed by atoms with Crippen LogP contribution < -0.4 is 10.6 Å². The molecule has 0 spiro atoms. The zero-order chi connectivity index (χ0) is 17.3. The van der Waals surface area contributed by atoms with Crippen molar-refractivity contribution in [2.75, 3.05) is 24.5 Å². The predicted molar refractivity (Wildman–Crippen MR) is 102 cm³/mol. The Hall–Kier alpha value is -1.59. The van der Waals surface area contributed by atoms with Gasteiger partial charge in [0.2, 0.25) is 11.8 Å². The summed E-state index contributed by atoms with van der Waals surface area (Å²) in [6, 6.07) is 8.19. The molecule has 2 amide bonds. The Labute approximate surface area is 155 Å². The molecule has 2 aliphatic rings. The predicted octanol–water partition coefficient (Wildman–Crippen LogP) is 2.22. The number of likely N-dealkylation sites (tertiary alicyclic amines) is 1. The largest absolute Gasteiger partial charge is 0.339 e. The summed E-state index contributed by atoms with van der Waals surface area (Å²) in [5, 5.41) is 0. The number of aryl methyl sites for hydroxylation is 1. The minimum Gasteiger partial charge on any atom is -0.339 e. The average Bonchev–Trinajstić information content (AvgIpc) is 3.17. The van der Waals surface area contributed by atoms with E-state index in [0.29, 0.717) is 25.4 Å². The van der Waals surface area contributed by atoms with Gasteiger partial charge in [0.05, 0.1) is 5.92 Å². The van der Waals surface area contributed by atoms with Crippen LogP contribution in [0.2, 0.25) is 0 Å². The van der Waals surface area contributed by atoms with Gasteiger partial charge in [-0.05, 0) is 43.9 Å². The van der Waals surface area contributed by atoms with Gasteiger partial charge in [-0.15, -0.1) is 12.4 Å². The molecule has 2 fully saturated rings. The number of nitrogens with zero attached hydrogens (tertiary/aromatic N) is 2. The number of rotatable bonds is 4. The second kappa shape index (κ2) is 8.19. The van der Waals surface area contributed by atoms with E-state index >= 15 is 0 Å². The van der Waals surface area contributed by atoms with Gasteiger partial charge in [0.15, 0.2) is 0 Å². The van der Waals surface area contributed by atoms with Gasteiger partial charge in [0, 0.05) is 31.2 Å². The number of para-hydroxylation sites is 1. The fraction of sp³-hybridized carbons (Fsp3) is 0.579. The number of benzene rings is 1. The Morgan fingerprint density at radius 3 is 2.64 bits per heavy atom. The number of anilines is 1. The van der Waals surface area contributed by atoms with Gasteiger partial charge in [-0.2, -0.15) is 0 Å². The third-order valence-electron chi connectivity index (χ3n) is 5.42. The second-order valence-corrected chi connectivity index (χ2v) is 7.06. The lowest BCUT2D eigenvalue weighted by atomic mass is 10.1. The van der Waals surface area contributed by atoms with Gasteiger partial charge < -0.3 is 15.5 Å². The van der Waals surface area contributed by atoms with Crippen molar-refractivity contribution >= 4 is 29.9 Å². The number of hydrogen-bond donors (Lipinski definition) is 1. The maximum absolute atomic E-state index is 12.9. The zero-order valence-corrected chi connectivity index (χ0v) is 15.8. The number of hydrogen-bond acceptors (Lipinski definition) is 3. The molecule has 138 valence electrons. The summed E-state index contributed by atoms with van der Waals surface area (Å²) in [5.41, 5.74) is 7.87. The molecule has 3 unspecified atom stereocenters. The van der Waals surface area contributed by atoms with E-state index in [9.17, 15) is 9.59 Å². The highest BCUT2D eigenvalue weighted by molar-refractivity contribution is 6.00. The van der Waals surface area contributed by atoms with Gasteiger partial charge >= 0.3 is 0 Å². The van der Waals surface area contributed by atoms with Crippen LogP contribution in [0.25, 0.3) is 0 Å². The number of amides is 2. The van der Waals surface area contributed by atoms with Crippen LogP contribution in [-0.2, 0) is 16.0 Å². The summed E-state index contributed by atoms with van der Waals surface area (Å²) >= 11 is 0. The van der Waals surface area contributed by atoms with Crippen molar-refractivity contribution < 1.29 is 9.59 Å². The highest BCUT2D eigenvalue weighted by Crippen LogP contribution is 2.31. The molecule has 2 aliphatic heterocycles. The molecule has 3 rings (SSSR count). The Bertz CT molecular complexity index is 637. The maximum atomic E-state index is 12.9. The summed E-state index contributed by atoms with van der Waals surface area (Å²) in [4.78, 5) is 29.1. The van der Waals surface area contributed by atoms with E-state index in [4.69, 9.17) is 5.73 Å². The average molecular weight is 366 g/mol. The molecule has 2 N–H and O–H groups in total. The number of carbonyl (C=O) groups is 2. The first-order valence-corrected chi connectivity index (χ1v) is 8.94. The van der Waals surface area contributed by atoms with Crippen LogP contribution >= 0.6 is 12.4 Å². The van der Waals surface area contributed by atoms with Crippen LogP contribution in [0.15, 0.2) is 24.3 Å². The number of nitrogens with two attached hydrogens (primary N) is 1. The van der Waals surface area contributed by atoms with Crippen molar-refractivity contribution in [3.05, 3.63) is 29.8 Å². The minimum atomic E-state index is -0.235. The first-order valence-electron chi connectivity index (χ1n) is 8.94. The van der Waals surface area contributed by atoms with Crippen molar-refractivity contribution in [3.8, 4) is 0 Å². The van der Waals surface area contributed by atoms with E-state index in [1.807, 2.05) is 29.2 Å². The molecule has 5 nitrogen and oxygen atoms in total. The van der Waals surface area contributed by atoms with E-state index in [0.717, 1.165) is 30.6 Å². The molecule has 25 heavy (non-hydrogen) atoms. The molecule has 2 saturated heterocycles. The molecule has 3 atom stereocenters. The molecule has 0 aliphatic carbocycles. The Balaban J connectivity index is 0.00000225. The first-order chi connectivity index (χ1) is 11.5. The fourth-order valence-corrected chi connectivity index (χ4v) is 4.03. The topological polar surface area (TPSA) is 66.6 Å². The minimum absolute atomic E-state index is 0. The fourth-order valence-electron chi connectivity index (χ4n) is 4.03. The first kappa shape index (κ1) is 19.7. The quantitative estimate of drug-likeness (QED) is 0.889. The second-order valence-electron chi connectivity index (χ2n) is 7.06. The lowest BCUT2D eigenvalue weighted by molar-refractivity contribution is -0.136. The monoisotopic (exact) mass is 365 g/mol. The highest BCUT2D eigenvalue weighted by Gasteiger charge is 2.41. The maximum Gasteiger partial charge on any atom is 0.228 e. The lowest BCUT2D eigenvalue weighted by Crippen LogP contribution is -2.40. The van der Waals surface area contributed by atoms with Crippen molar-refractivity contribution in [2.24, 2.45) is 17.6 Å². The van der Waals surface area contributed by atoms with Crippen LogP contribution in [0.5, 0.6) is 0 Å². The molecule has 0 radical (unpaired) electrons. The highest BCUT2D eigenvalue weighted by atomic mass is 35.5. The Kier molecular flexibility index (Phi) is 6.47. The van der Waals surface area contributed by atoms with E-state index in [-0.39, 0.29) is 36.2 Å². The molecular weight excluding hydrogens is 338 g/mol. The molecule has 1 aromatic rings.